The van der Waals surface area contributed by atoms with E-state index in [1.165, 1.54) is 12.3 Å². The third-order valence-electron chi connectivity index (χ3n) is 3.53. The third kappa shape index (κ3) is 2.57. The van der Waals surface area contributed by atoms with Crippen LogP contribution in [-0.4, -0.2) is 11.1 Å². The van der Waals surface area contributed by atoms with E-state index < -0.39 is 0 Å². The highest BCUT2D eigenvalue weighted by molar-refractivity contribution is 5.70. The number of benzene rings is 1. The normalized spacial score (nSPS) is 16.9. The Hall–Kier alpha value is -2.17. The van der Waals surface area contributed by atoms with Gasteiger partial charge in [-0.3, -0.25) is 4.79 Å². The topological polar surface area (TPSA) is 52.3 Å². The van der Waals surface area contributed by atoms with Crippen LogP contribution in [0.4, 0.5) is 4.39 Å². The lowest BCUT2D eigenvalue weighted by Gasteiger charge is -2.13. The molecule has 3 rings (SSSR count). The Bertz CT molecular complexity index is 610. The predicted molar refractivity (Wildman–Crippen MR) is 68.4 cm³/mol. The zero-order chi connectivity index (χ0) is 13.9. The Morgan fingerprint density at radius 3 is 3.20 bits per heavy atom. The van der Waals surface area contributed by atoms with Crippen molar-refractivity contribution in [1.29, 1.82) is 0 Å². The number of rotatable bonds is 4. The van der Waals surface area contributed by atoms with Gasteiger partial charge in [0.2, 0.25) is 0 Å². The maximum Gasteiger partial charge on any atom is 0.306 e. The van der Waals surface area contributed by atoms with Gasteiger partial charge in [-0.1, -0.05) is 17.3 Å². The summed E-state index contributed by atoms with van der Waals surface area (Å²) in [6.07, 6.45) is 4.82. The molecule has 20 heavy (non-hydrogen) atoms. The van der Waals surface area contributed by atoms with Crippen LogP contribution in [0.3, 0.4) is 0 Å². The van der Waals surface area contributed by atoms with Crippen molar-refractivity contribution in [3.63, 3.8) is 0 Å². The van der Waals surface area contributed by atoms with Crippen LogP contribution in [-0.2, 0) is 22.4 Å². The van der Waals surface area contributed by atoms with Gasteiger partial charge < -0.3 is 9.26 Å². The smallest absolute Gasteiger partial charge is 0.306 e. The van der Waals surface area contributed by atoms with E-state index in [0.717, 1.165) is 11.1 Å². The van der Waals surface area contributed by atoms with Crippen molar-refractivity contribution < 1.29 is 18.4 Å². The van der Waals surface area contributed by atoms with Crippen LogP contribution in [0.15, 0.2) is 35.2 Å². The van der Waals surface area contributed by atoms with Crippen molar-refractivity contribution in [2.24, 2.45) is 0 Å². The van der Waals surface area contributed by atoms with Crippen molar-refractivity contribution >= 4 is 5.97 Å². The molecule has 0 radical (unpaired) electrons. The molecule has 0 bridgehead atoms. The number of ether oxygens (including phenoxy) is 1. The number of fused-ring (bicyclic) bond motifs is 1. The molecule has 4 nitrogen and oxygen atoms in total. The summed E-state index contributed by atoms with van der Waals surface area (Å²) in [5, 5.41) is 3.57. The molecule has 0 saturated heterocycles. The Kier molecular flexibility index (Phi) is 3.50. The zero-order valence-electron chi connectivity index (χ0n) is 10.8. The molecule has 1 atom stereocenters. The number of aryl methyl sites for hydroxylation is 1. The Morgan fingerprint density at radius 2 is 2.40 bits per heavy atom. The van der Waals surface area contributed by atoms with Crippen molar-refractivity contribution in [2.75, 3.05) is 0 Å². The summed E-state index contributed by atoms with van der Waals surface area (Å²) in [6.45, 7) is 0. The molecule has 1 heterocycles. The van der Waals surface area contributed by atoms with Crippen molar-refractivity contribution in [3.8, 4) is 0 Å². The van der Waals surface area contributed by atoms with E-state index in [9.17, 15) is 9.18 Å². The van der Waals surface area contributed by atoms with Gasteiger partial charge in [0, 0.05) is 12.0 Å². The summed E-state index contributed by atoms with van der Waals surface area (Å²) in [7, 11) is 0. The first-order chi connectivity index (χ1) is 9.74. The van der Waals surface area contributed by atoms with Crippen LogP contribution in [0, 0.1) is 5.82 Å². The molecule has 1 aromatic carbocycles. The number of esters is 1. The van der Waals surface area contributed by atoms with Crippen LogP contribution >= 0.6 is 0 Å². The van der Waals surface area contributed by atoms with Crippen LogP contribution in [0.25, 0.3) is 0 Å². The summed E-state index contributed by atoms with van der Waals surface area (Å²) in [5.41, 5.74) is 2.33. The van der Waals surface area contributed by atoms with E-state index in [4.69, 9.17) is 9.26 Å². The van der Waals surface area contributed by atoms with Gasteiger partial charge >= 0.3 is 5.97 Å². The highest BCUT2D eigenvalue weighted by Gasteiger charge is 2.27. The number of hydrogen-bond donors (Lipinski definition) is 0. The number of aromatic nitrogens is 1. The third-order valence-corrected chi connectivity index (χ3v) is 3.53. The first-order valence-electron chi connectivity index (χ1n) is 6.59. The van der Waals surface area contributed by atoms with E-state index in [-0.39, 0.29) is 24.3 Å². The molecule has 0 saturated carbocycles. The first kappa shape index (κ1) is 12.8. The van der Waals surface area contributed by atoms with Gasteiger partial charge in [0.05, 0.1) is 6.20 Å². The number of carbonyl (C=O) groups is 1. The van der Waals surface area contributed by atoms with Gasteiger partial charge in [-0.2, -0.15) is 0 Å². The highest BCUT2D eigenvalue weighted by Crippen LogP contribution is 2.35. The molecule has 1 aliphatic rings. The molecule has 0 N–H and O–H groups in total. The van der Waals surface area contributed by atoms with E-state index in [1.807, 2.05) is 6.07 Å². The van der Waals surface area contributed by atoms with Crippen LogP contribution < -0.4 is 0 Å². The molecule has 104 valence electrons. The van der Waals surface area contributed by atoms with Gasteiger partial charge in [-0.05, 0) is 36.5 Å². The van der Waals surface area contributed by atoms with Crippen LogP contribution in [0.5, 0.6) is 0 Å². The van der Waals surface area contributed by atoms with E-state index >= 15 is 0 Å². The van der Waals surface area contributed by atoms with Gasteiger partial charge in [0.1, 0.15) is 18.2 Å². The number of hydrogen-bond acceptors (Lipinski definition) is 4. The average Bonchev–Trinajstić information content (AvgIpc) is 3.07. The standard InChI is InChI=1S/C15H14FNO3/c16-13-3-1-2-12-11(13)5-6-14(12)20-15(18)7-4-10-8-17-19-9-10/h1-3,8-9,14H,4-7H2/t14-/m0/s1. The van der Waals surface area contributed by atoms with Gasteiger partial charge in [0.15, 0.2) is 0 Å². The van der Waals surface area contributed by atoms with Crippen molar-refractivity contribution in [2.45, 2.75) is 31.8 Å². The quantitative estimate of drug-likeness (QED) is 0.805. The monoisotopic (exact) mass is 275 g/mol. The largest absolute Gasteiger partial charge is 0.457 e. The fraction of sp³-hybridized carbons (Fsp3) is 0.333. The maximum atomic E-state index is 13.6. The number of carbonyl (C=O) groups excluding carboxylic acids is 1. The molecule has 1 aliphatic carbocycles. The van der Waals surface area contributed by atoms with E-state index in [1.54, 1.807) is 12.3 Å². The summed E-state index contributed by atoms with van der Waals surface area (Å²) in [4.78, 5) is 11.8. The van der Waals surface area contributed by atoms with Crippen molar-refractivity contribution in [1.82, 2.24) is 5.16 Å². The van der Waals surface area contributed by atoms with Gasteiger partial charge in [-0.25, -0.2) is 4.39 Å². The van der Waals surface area contributed by atoms with E-state index in [0.29, 0.717) is 24.8 Å². The summed E-state index contributed by atoms with van der Waals surface area (Å²) < 4.78 is 23.7. The SMILES string of the molecule is O=C(CCc1cnoc1)O[C@H]1CCc2c(F)cccc21. The van der Waals surface area contributed by atoms with Gasteiger partial charge in [-0.15, -0.1) is 0 Å². The van der Waals surface area contributed by atoms with Crippen LogP contribution in [0.2, 0.25) is 0 Å². The number of halogens is 1. The second-order valence-electron chi connectivity index (χ2n) is 4.86. The molecule has 0 aliphatic heterocycles. The Morgan fingerprint density at radius 1 is 1.50 bits per heavy atom. The fourth-order valence-corrected chi connectivity index (χ4v) is 2.51. The summed E-state index contributed by atoms with van der Waals surface area (Å²) >= 11 is 0. The molecule has 0 amide bonds. The molecule has 0 unspecified atom stereocenters. The Balaban J connectivity index is 1.60. The molecular weight excluding hydrogens is 261 g/mol. The molecule has 0 fully saturated rings. The summed E-state index contributed by atoms with van der Waals surface area (Å²) in [5.74, 6) is -0.501. The fourth-order valence-electron chi connectivity index (χ4n) is 2.51. The zero-order valence-corrected chi connectivity index (χ0v) is 10.8. The number of nitrogens with zero attached hydrogens (tertiary/aromatic N) is 1. The molecule has 1 aromatic heterocycles. The average molecular weight is 275 g/mol. The molecule has 0 spiro atoms. The minimum atomic E-state index is -0.323. The lowest BCUT2D eigenvalue weighted by molar-refractivity contribution is -0.149. The minimum absolute atomic E-state index is 0.217. The predicted octanol–water partition coefficient (Wildman–Crippen LogP) is 2.98. The lowest BCUT2D eigenvalue weighted by Crippen LogP contribution is -2.10. The Labute approximate surface area is 115 Å². The maximum absolute atomic E-state index is 13.6. The summed E-state index contributed by atoms with van der Waals surface area (Å²) in [6, 6.07) is 4.91. The van der Waals surface area contributed by atoms with Crippen molar-refractivity contribution in [3.05, 3.63) is 53.2 Å². The van der Waals surface area contributed by atoms with E-state index in [2.05, 4.69) is 5.16 Å². The van der Waals surface area contributed by atoms with Crippen LogP contribution in [0.1, 0.15) is 35.6 Å². The molecule has 5 heteroatoms. The molecular formula is C15H14FNO3. The second kappa shape index (κ2) is 5.45. The highest BCUT2D eigenvalue weighted by atomic mass is 19.1. The first-order valence-corrected chi connectivity index (χ1v) is 6.59. The minimum Gasteiger partial charge on any atom is -0.457 e. The lowest BCUT2D eigenvalue weighted by atomic mass is 10.1. The second-order valence-corrected chi connectivity index (χ2v) is 4.86. The van der Waals surface area contributed by atoms with Gasteiger partial charge in [0.25, 0.3) is 0 Å². The molecule has 2 aromatic rings.